The Labute approximate surface area is 110 Å². The van der Waals surface area contributed by atoms with Gasteiger partial charge in [-0.25, -0.2) is 8.78 Å². The van der Waals surface area contributed by atoms with Crippen molar-refractivity contribution >= 4 is 0 Å². The first-order valence-electron chi connectivity index (χ1n) is 5.93. The van der Waals surface area contributed by atoms with Gasteiger partial charge in [0.05, 0.1) is 11.7 Å². The molecule has 19 heavy (non-hydrogen) atoms. The van der Waals surface area contributed by atoms with E-state index in [0.717, 1.165) is 5.56 Å². The zero-order valence-corrected chi connectivity index (χ0v) is 10.5. The Morgan fingerprint density at radius 2 is 1.95 bits per heavy atom. The number of hydrazine groups is 1. The van der Waals surface area contributed by atoms with Gasteiger partial charge in [0.2, 0.25) is 0 Å². The first kappa shape index (κ1) is 13.6. The summed E-state index contributed by atoms with van der Waals surface area (Å²) >= 11 is 0. The number of rotatable bonds is 4. The van der Waals surface area contributed by atoms with E-state index in [4.69, 9.17) is 5.84 Å². The maximum absolute atomic E-state index is 13.6. The standard InChI is InChI=1S/C14H15F2N3/c1-9-5-6-18-13(7-9)14(19-17)8-10-11(15)3-2-4-12(10)16/h2-7,14,19H,8,17H2,1H3. The highest BCUT2D eigenvalue weighted by Gasteiger charge is 2.17. The van der Waals surface area contributed by atoms with Crippen molar-refractivity contribution in [2.45, 2.75) is 19.4 Å². The topological polar surface area (TPSA) is 50.9 Å². The molecule has 0 bridgehead atoms. The summed E-state index contributed by atoms with van der Waals surface area (Å²) in [5, 5.41) is 0. The Kier molecular flexibility index (Phi) is 4.19. The van der Waals surface area contributed by atoms with Gasteiger partial charge in [-0.2, -0.15) is 0 Å². The summed E-state index contributed by atoms with van der Waals surface area (Å²) in [5.41, 5.74) is 4.23. The van der Waals surface area contributed by atoms with E-state index < -0.39 is 17.7 Å². The van der Waals surface area contributed by atoms with Crippen molar-refractivity contribution in [3.05, 3.63) is 65.0 Å². The number of benzene rings is 1. The Morgan fingerprint density at radius 3 is 2.53 bits per heavy atom. The molecule has 0 aliphatic heterocycles. The summed E-state index contributed by atoms with van der Waals surface area (Å²) < 4.78 is 27.2. The molecule has 0 fully saturated rings. The summed E-state index contributed by atoms with van der Waals surface area (Å²) in [5.74, 6) is 4.32. The molecule has 1 unspecified atom stereocenters. The number of hydrogen-bond donors (Lipinski definition) is 2. The van der Waals surface area contributed by atoms with Crippen LogP contribution in [-0.4, -0.2) is 4.98 Å². The average molecular weight is 263 g/mol. The molecule has 100 valence electrons. The lowest BCUT2D eigenvalue weighted by atomic mass is 10.0. The minimum atomic E-state index is -0.576. The van der Waals surface area contributed by atoms with Crippen molar-refractivity contribution in [3.63, 3.8) is 0 Å². The molecule has 1 atom stereocenters. The van der Waals surface area contributed by atoms with Gasteiger partial charge in [-0.1, -0.05) is 6.07 Å². The van der Waals surface area contributed by atoms with E-state index >= 15 is 0 Å². The second kappa shape index (κ2) is 5.86. The number of nitrogens with zero attached hydrogens (tertiary/aromatic N) is 1. The van der Waals surface area contributed by atoms with Crippen molar-refractivity contribution in [1.29, 1.82) is 0 Å². The van der Waals surface area contributed by atoms with Crippen molar-refractivity contribution < 1.29 is 8.78 Å². The van der Waals surface area contributed by atoms with Gasteiger partial charge >= 0.3 is 0 Å². The Balaban J connectivity index is 2.29. The van der Waals surface area contributed by atoms with Crippen LogP contribution in [0.5, 0.6) is 0 Å². The summed E-state index contributed by atoms with van der Waals surface area (Å²) in [6.07, 6.45) is 1.75. The third-order valence-corrected chi connectivity index (χ3v) is 2.96. The van der Waals surface area contributed by atoms with Crippen LogP contribution >= 0.6 is 0 Å². The second-order valence-electron chi connectivity index (χ2n) is 4.38. The van der Waals surface area contributed by atoms with E-state index in [9.17, 15) is 8.78 Å². The molecule has 0 aliphatic rings. The zero-order valence-electron chi connectivity index (χ0n) is 10.5. The summed E-state index contributed by atoms with van der Waals surface area (Å²) in [4.78, 5) is 4.18. The fourth-order valence-corrected chi connectivity index (χ4v) is 1.93. The molecular formula is C14H15F2N3. The monoisotopic (exact) mass is 263 g/mol. The van der Waals surface area contributed by atoms with Crippen molar-refractivity contribution in [3.8, 4) is 0 Å². The smallest absolute Gasteiger partial charge is 0.129 e. The molecule has 3 N–H and O–H groups in total. The van der Waals surface area contributed by atoms with Crippen LogP contribution in [0.25, 0.3) is 0 Å². The van der Waals surface area contributed by atoms with Gasteiger partial charge in [-0.05, 0) is 36.8 Å². The first-order chi connectivity index (χ1) is 9.11. The van der Waals surface area contributed by atoms with Crippen LogP contribution in [0.4, 0.5) is 8.78 Å². The maximum Gasteiger partial charge on any atom is 0.129 e. The molecule has 0 radical (unpaired) electrons. The fourth-order valence-electron chi connectivity index (χ4n) is 1.93. The summed E-state index contributed by atoms with van der Waals surface area (Å²) in [6, 6.07) is 7.05. The lowest BCUT2D eigenvalue weighted by Crippen LogP contribution is -2.30. The number of aromatic nitrogens is 1. The molecule has 5 heteroatoms. The molecule has 1 aromatic carbocycles. The van der Waals surface area contributed by atoms with E-state index in [1.165, 1.54) is 18.2 Å². The largest absolute Gasteiger partial charge is 0.271 e. The molecule has 0 saturated heterocycles. The number of hydrogen-bond acceptors (Lipinski definition) is 3. The molecule has 2 aromatic rings. The highest BCUT2D eigenvalue weighted by molar-refractivity contribution is 5.24. The van der Waals surface area contributed by atoms with Crippen LogP contribution < -0.4 is 11.3 Å². The second-order valence-corrected chi connectivity index (χ2v) is 4.38. The first-order valence-corrected chi connectivity index (χ1v) is 5.93. The predicted octanol–water partition coefficient (Wildman–Crippen LogP) is 2.42. The van der Waals surface area contributed by atoms with Crippen molar-refractivity contribution in [2.24, 2.45) is 5.84 Å². The van der Waals surface area contributed by atoms with Gasteiger partial charge in [-0.3, -0.25) is 16.3 Å². The van der Waals surface area contributed by atoms with E-state index in [1.807, 2.05) is 19.1 Å². The van der Waals surface area contributed by atoms with E-state index in [1.54, 1.807) is 6.20 Å². The third-order valence-electron chi connectivity index (χ3n) is 2.96. The number of nitrogens with two attached hydrogens (primary N) is 1. The molecule has 1 heterocycles. The van der Waals surface area contributed by atoms with Crippen LogP contribution in [-0.2, 0) is 6.42 Å². The van der Waals surface area contributed by atoms with Gasteiger partial charge in [0.15, 0.2) is 0 Å². The Bertz CT molecular complexity index is 552. The van der Waals surface area contributed by atoms with Crippen LogP contribution in [0.1, 0.15) is 22.9 Å². The average Bonchev–Trinajstić information content (AvgIpc) is 2.38. The highest BCUT2D eigenvalue weighted by Crippen LogP contribution is 2.21. The van der Waals surface area contributed by atoms with E-state index in [-0.39, 0.29) is 12.0 Å². The van der Waals surface area contributed by atoms with Crippen LogP contribution in [0.2, 0.25) is 0 Å². The Morgan fingerprint density at radius 1 is 1.26 bits per heavy atom. The molecule has 0 amide bonds. The molecule has 0 spiro atoms. The quantitative estimate of drug-likeness (QED) is 0.658. The van der Waals surface area contributed by atoms with E-state index in [2.05, 4.69) is 10.4 Å². The van der Waals surface area contributed by atoms with E-state index in [0.29, 0.717) is 5.69 Å². The number of halogens is 2. The van der Waals surface area contributed by atoms with Gasteiger partial charge in [0.25, 0.3) is 0 Å². The third kappa shape index (κ3) is 3.13. The summed E-state index contributed by atoms with van der Waals surface area (Å²) in [6.45, 7) is 1.92. The molecular weight excluding hydrogens is 248 g/mol. The number of nitrogens with one attached hydrogen (secondary N) is 1. The molecule has 2 rings (SSSR count). The number of aryl methyl sites for hydroxylation is 1. The van der Waals surface area contributed by atoms with Gasteiger partial charge in [-0.15, -0.1) is 0 Å². The SMILES string of the molecule is Cc1ccnc(C(Cc2c(F)cccc2F)NN)c1. The van der Waals surface area contributed by atoms with Crippen LogP contribution in [0.15, 0.2) is 36.5 Å². The Hall–Kier alpha value is -1.85. The molecule has 1 aromatic heterocycles. The summed E-state index contributed by atoms with van der Waals surface area (Å²) in [7, 11) is 0. The number of pyridine rings is 1. The zero-order chi connectivity index (χ0) is 13.8. The van der Waals surface area contributed by atoms with Gasteiger partial charge in [0, 0.05) is 18.2 Å². The maximum atomic E-state index is 13.6. The molecule has 0 saturated carbocycles. The minimum absolute atomic E-state index is 0.00811. The lowest BCUT2D eigenvalue weighted by molar-refractivity contribution is 0.493. The molecule has 3 nitrogen and oxygen atoms in total. The predicted molar refractivity (Wildman–Crippen MR) is 69.1 cm³/mol. The highest BCUT2D eigenvalue weighted by atomic mass is 19.1. The lowest BCUT2D eigenvalue weighted by Gasteiger charge is -2.16. The molecule has 0 aliphatic carbocycles. The van der Waals surface area contributed by atoms with Gasteiger partial charge < -0.3 is 0 Å². The minimum Gasteiger partial charge on any atom is -0.271 e. The van der Waals surface area contributed by atoms with Crippen molar-refractivity contribution in [2.75, 3.05) is 0 Å². The normalized spacial score (nSPS) is 12.4. The van der Waals surface area contributed by atoms with Crippen LogP contribution in [0, 0.1) is 18.6 Å². The van der Waals surface area contributed by atoms with Crippen LogP contribution in [0.3, 0.4) is 0 Å². The van der Waals surface area contributed by atoms with Crippen molar-refractivity contribution in [1.82, 2.24) is 10.4 Å². The fraction of sp³-hybridized carbons (Fsp3) is 0.214. The van der Waals surface area contributed by atoms with Gasteiger partial charge in [0.1, 0.15) is 11.6 Å².